The number of aromatic nitrogens is 1. The normalized spacial score (nSPS) is 11.5. The number of carbonyl (C=O) groups excluding carboxylic acids is 1. The third kappa shape index (κ3) is 6.44. The summed E-state index contributed by atoms with van der Waals surface area (Å²) < 4.78 is 42.7. The van der Waals surface area contributed by atoms with Gasteiger partial charge in [-0.1, -0.05) is 31.2 Å². The van der Waals surface area contributed by atoms with Gasteiger partial charge >= 0.3 is 0 Å². The summed E-state index contributed by atoms with van der Waals surface area (Å²) in [5.74, 6) is -1.20. The van der Waals surface area contributed by atoms with Crippen molar-refractivity contribution in [2.24, 2.45) is 0 Å². The van der Waals surface area contributed by atoms with Crippen LogP contribution in [0.15, 0.2) is 66.9 Å². The van der Waals surface area contributed by atoms with Crippen molar-refractivity contribution < 1.29 is 22.7 Å². The van der Waals surface area contributed by atoms with Crippen LogP contribution in [0.25, 0.3) is 22.0 Å². The van der Waals surface area contributed by atoms with E-state index in [1.807, 2.05) is 44.3 Å². The largest absolute Gasteiger partial charge is 0.493 e. The predicted molar refractivity (Wildman–Crippen MR) is 134 cm³/mol. The fraction of sp³-hybridized carbons (Fsp3) is 0.250. The quantitative estimate of drug-likeness (QED) is 0.289. The average molecular weight is 483 g/mol. The van der Waals surface area contributed by atoms with Gasteiger partial charge in [-0.3, -0.25) is 9.18 Å². The molecule has 0 aliphatic heterocycles. The van der Waals surface area contributed by atoms with Gasteiger partial charge in [0.05, 0.1) is 19.3 Å². The second-order valence-corrected chi connectivity index (χ2v) is 8.16. The number of amides is 1. The first-order valence-electron chi connectivity index (χ1n) is 11.4. The van der Waals surface area contributed by atoms with Crippen LogP contribution >= 0.6 is 0 Å². The maximum absolute atomic E-state index is 13.7. The van der Waals surface area contributed by atoms with Crippen LogP contribution in [0.1, 0.15) is 36.2 Å². The zero-order chi connectivity index (χ0) is 25.4. The Hall–Kier alpha value is -3.74. The van der Waals surface area contributed by atoms with Crippen molar-refractivity contribution in [3.8, 4) is 16.9 Å². The number of nitrogens with one attached hydrogen (secondary N) is 2. The van der Waals surface area contributed by atoms with Crippen LogP contribution in [0.3, 0.4) is 0 Å². The lowest BCUT2D eigenvalue weighted by molar-refractivity contribution is 0.0936. The Bertz CT molecular complexity index is 1270. The number of carbonyl (C=O) groups is 1. The molecule has 0 radical (unpaired) electrons. The van der Waals surface area contributed by atoms with Crippen LogP contribution in [0.2, 0.25) is 0 Å². The number of aromatic amines is 1. The van der Waals surface area contributed by atoms with Gasteiger partial charge in [0.1, 0.15) is 17.4 Å². The lowest BCUT2D eigenvalue weighted by Crippen LogP contribution is -2.34. The van der Waals surface area contributed by atoms with Crippen molar-refractivity contribution in [1.29, 1.82) is 0 Å². The first-order valence-corrected chi connectivity index (χ1v) is 11.4. The molecule has 1 aromatic heterocycles. The minimum Gasteiger partial charge on any atom is -0.493 e. The van der Waals surface area contributed by atoms with Gasteiger partial charge in [0.2, 0.25) is 0 Å². The van der Waals surface area contributed by atoms with E-state index in [4.69, 9.17) is 4.74 Å². The van der Waals surface area contributed by atoms with E-state index in [2.05, 4.69) is 10.3 Å². The summed E-state index contributed by atoms with van der Waals surface area (Å²) in [4.78, 5) is 16.5. The molecule has 1 atom stereocenters. The van der Waals surface area contributed by atoms with Gasteiger partial charge < -0.3 is 15.0 Å². The Morgan fingerprint density at radius 2 is 1.71 bits per heavy atom. The summed E-state index contributed by atoms with van der Waals surface area (Å²) in [6, 6.07) is 16.2. The molecular formula is C28H29F3N2O2. The van der Waals surface area contributed by atoms with Crippen LogP contribution in [0.5, 0.6) is 5.75 Å². The number of para-hydroxylation sites is 1. The maximum atomic E-state index is 13.7. The number of halogens is 3. The molecule has 3 aromatic carbocycles. The summed E-state index contributed by atoms with van der Waals surface area (Å²) in [5.41, 5.74) is 3.39. The summed E-state index contributed by atoms with van der Waals surface area (Å²) in [5, 5.41) is 4.16. The molecule has 0 spiro atoms. The lowest BCUT2D eigenvalue weighted by Gasteiger charge is -2.17. The molecule has 0 fully saturated rings. The first-order chi connectivity index (χ1) is 16.9. The van der Waals surface area contributed by atoms with E-state index in [-0.39, 0.29) is 11.9 Å². The molecule has 4 aromatic rings. The zero-order valence-electron chi connectivity index (χ0n) is 20.0. The first kappa shape index (κ1) is 25.9. The standard InChI is InChI=1S/C27H26F2N2O2.CH3F/c1-3-10-33-26-9-8-18(19-12-21(28)15-22(29)13-19)14-24(26)27(32)31-17(2)11-20-16-30-25-7-5-4-6-23(20)25;1-2/h4-9,12-17,30H,3,10-11H2,1-2H3,(H,31,32);1H3. The fourth-order valence-corrected chi connectivity index (χ4v) is 3.93. The molecule has 0 saturated heterocycles. The summed E-state index contributed by atoms with van der Waals surface area (Å²) >= 11 is 0. The molecule has 7 heteroatoms. The minimum absolute atomic E-state index is 0.147. The highest BCUT2D eigenvalue weighted by molar-refractivity contribution is 5.98. The average Bonchev–Trinajstić information content (AvgIpc) is 3.26. The Morgan fingerprint density at radius 1 is 1.00 bits per heavy atom. The molecule has 1 unspecified atom stereocenters. The number of alkyl halides is 1. The van der Waals surface area contributed by atoms with Gasteiger partial charge in [0.15, 0.2) is 0 Å². The van der Waals surface area contributed by atoms with Gasteiger partial charge in [-0.15, -0.1) is 0 Å². The van der Waals surface area contributed by atoms with E-state index >= 15 is 0 Å². The number of benzene rings is 3. The minimum atomic E-state index is -0.672. The molecule has 4 rings (SSSR count). The second-order valence-electron chi connectivity index (χ2n) is 8.16. The molecule has 0 aliphatic carbocycles. The molecule has 1 amide bonds. The molecule has 0 aliphatic rings. The van der Waals surface area contributed by atoms with E-state index in [0.29, 0.717) is 42.6 Å². The van der Waals surface area contributed by atoms with Gasteiger partial charge in [-0.05, 0) is 66.8 Å². The highest BCUT2D eigenvalue weighted by Gasteiger charge is 2.18. The highest BCUT2D eigenvalue weighted by atomic mass is 19.1. The summed E-state index contributed by atoms with van der Waals surface area (Å²) in [6.07, 6.45) is 3.40. The molecule has 35 heavy (non-hydrogen) atoms. The Morgan fingerprint density at radius 3 is 2.43 bits per heavy atom. The number of hydrogen-bond donors (Lipinski definition) is 2. The topological polar surface area (TPSA) is 54.1 Å². The van der Waals surface area contributed by atoms with Crippen molar-refractivity contribution in [3.05, 3.63) is 89.6 Å². The van der Waals surface area contributed by atoms with Gasteiger partial charge in [0.25, 0.3) is 5.91 Å². The Labute approximate surface area is 203 Å². The lowest BCUT2D eigenvalue weighted by atomic mass is 10.0. The number of fused-ring (bicyclic) bond motifs is 1. The monoisotopic (exact) mass is 482 g/mol. The van der Waals surface area contributed by atoms with Crippen molar-refractivity contribution in [2.75, 3.05) is 13.8 Å². The predicted octanol–water partition coefficient (Wildman–Crippen LogP) is 6.85. The zero-order valence-corrected chi connectivity index (χ0v) is 20.0. The third-order valence-corrected chi connectivity index (χ3v) is 5.46. The van der Waals surface area contributed by atoms with Crippen molar-refractivity contribution in [2.45, 2.75) is 32.7 Å². The second kappa shape index (κ2) is 12.1. The van der Waals surface area contributed by atoms with Crippen LogP contribution in [0.4, 0.5) is 13.2 Å². The number of hydrogen-bond acceptors (Lipinski definition) is 2. The summed E-state index contributed by atoms with van der Waals surface area (Å²) in [6.45, 7) is 4.38. The number of H-pyrrole nitrogens is 1. The molecule has 184 valence electrons. The van der Waals surface area contributed by atoms with Crippen LogP contribution < -0.4 is 10.1 Å². The van der Waals surface area contributed by atoms with E-state index in [1.165, 1.54) is 12.1 Å². The molecular weight excluding hydrogens is 453 g/mol. The smallest absolute Gasteiger partial charge is 0.255 e. The van der Waals surface area contributed by atoms with E-state index in [0.717, 1.165) is 29.0 Å². The van der Waals surface area contributed by atoms with Gasteiger partial charge in [0, 0.05) is 29.2 Å². The van der Waals surface area contributed by atoms with E-state index < -0.39 is 11.6 Å². The third-order valence-electron chi connectivity index (χ3n) is 5.46. The van der Waals surface area contributed by atoms with Crippen LogP contribution in [-0.4, -0.2) is 30.7 Å². The molecule has 0 bridgehead atoms. The number of rotatable bonds is 8. The molecule has 1 heterocycles. The molecule has 4 nitrogen and oxygen atoms in total. The molecule has 0 saturated carbocycles. The Balaban J connectivity index is 0.00000167. The van der Waals surface area contributed by atoms with Crippen molar-refractivity contribution in [3.63, 3.8) is 0 Å². The van der Waals surface area contributed by atoms with Crippen molar-refractivity contribution >= 4 is 16.8 Å². The maximum Gasteiger partial charge on any atom is 0.255 e. The van der Waals surface area contributed by atoms with Crippen LogP contribution in [-0.2, 0) is 6.42 Å². The van der Waals surface area contributed by atoms with Gasteiger partial charge in [-0.25, -0.2) is 8.78 Å². The highest BCUT2D eigenvalue weighted by Crippen LogP contribution is 2.28. The van der Waals surface area contributed by atoms with Gasteiger partial charge in [-0.2, -0.15) is 0 Å². The Kier molecular flexibility index (Phi) is 8.95. The number of ether oxygens (including phenoxy) is 1. The molecule has 2 N–H and O–H groups in total. The van der Waals surface area contributed by atoms with E-state index in [1.54, 1.807) is 18.2 Å². The summed E-state index contributed by atoms with van der Waals surface area (Å²) in [7, 11) is 0.500. The fourth-order valence-electron chi connectivity index (χ4n) is 3.93. The SMILES string of the molecule is CCCOc1ccc(-c2cc(F)cc(F)c2)cc1C(=O)NC(C)Cc1c[nH]c2ccccc12.CF. The van der Waals surface area contributed by atoms with Crippen molar-refractivity contribution in [1.82, 2.24) is 10.3 Å². The van der Waals surface area contributed by atoms with Crippen LogP contribution in [0, 0.1) is 11.6 Å². The van der Waals surface area contributed by atoms with E-state index in [9.17, 15) is 18.0 Å².